The van der Waals surface area contributed by atoms with Crippen molar-refractivity contribution in [2.24, 2.45) is 5.92 Å². The Labute approximate surface area is 241 Å². The van der Waals surface area contributed by atoms with Crippen LogP contribution in [0.15, 0.2) is 73.0 Å². The zero-order chi connectivity index (χ0) is 29.8. The number of aromatic nitrogens is 2. The van der Waals surface area contributed by atoms with Crippen LogP contribution >= 0.6 is 0 Å². The molecule has 2 heteroatoms. The summed E-state index contributed by atoms with van der Waals surface area (Å²) in [6.07, 6.45) is 19.6. The van der Waals surface area contributed by atoms with Gasteiger partial charge < -0.3 is 0 Å². The molecule has 0 N–H and O–H groups in total. The maximum absolute atomic E-state index is 4.40. The molecular weight excluding hydrogens is 472 g/mol. The van der Waals surface area contributed by atoms with Crippen molar-refractivity contribution in [2.75, 3.05) is 0 Å². The van der Waals surface area contributed by atoms with Crippen LogP contribution in [-0.4, -0.2) is 9.78 Å². The fourth-order valence-electron chi connectivity index (χ4n) is 3.91. The first kappa shape index (κ1) is 35.7. The maximum atomic E-state index is 4.40. The van der Waals surface area contributed by atoms with Crippen LogP contribution < -0.4 is 0 Å². The van der Waals surface area contributed by atoms with Crippen LogP contribution in [0.1, 0.15) is 94.3 Å². The van der Waals surface area contributed by atoms with E-state index in [2.05, 4.69) is 128 Å². The van der Waals surface area contributed by atoms with Gasteiger partial charge in [-0.25, -0.2) is 4.68 Å². The van der Waals surface area contributed by atoms with E-state index >= 15 is 0 Å². The number of hydrogen-bond acceptors (Lipinski definition) is 1. The smallest absolute Gasteiger partial charge is 0.0526 e. The van der Waals surface area contributed by atoms with E-state index in [4.69, 9.17) is 0 Å². The van der Waals surface area contributed by atoms with E-state index in [1.54, 1.807) is 0 Å². The second-order valence-electron chi connectivity index (χ2n) is 9.93. The van der Waals surface area contributed by atoms with Crippen LogP contribution in [0.4, 0.5) is 0 Å². The van der Waals surface area contributed by atoms with Crippen molar-refractivity contribution in [2.45, 2.75) is 101 Å². The second-order valence-corrected chi connectivity index (χ2v) is 9.93. The van der Waals surface area contributed by atoms with Gasteiger partial charge in [-0.15, -0.1) is 19.4 Å². The number of aryl methyl sites for hydroxylation is 4. The summed E-state index contributed by atoms with van der Waals surface area (Å²) in [6.45, 7) is 22.8. The molecule has 0 radical (unpaired) electrons. The molecule has 1 aliphatic carbocycles. The lowest BCUT2D eigenvalue weighted by atomic mass is 10.1. The number of rotatable bonds is 7. The molecule has 1 saturated carbocycles. The average Bonchev–Trinajstić information content (AvgIpc) is 3.72. The van der Waals surface area contributed by atoms with Gasteiger partial charge in [0.2, 0.25) is 0 Å². The molecule has 1 aromatic heterocycles. The van der Waals surface area contributed by atoms with E-state index in [-0.39, 0.29) is 0 Å². The van der Waals surface area contributed by atoms with Crippen molar-refractivity contribution in [3.8, 4) is 12.8 Å². The SMILES string of the molecule is C#C.C/C(=C/Cc1ccccc1C)n1ncc(C)c1C.C=C(C)CC1CC1.CC.CCc1cccc(CC)c1. The van der Waals surface area contributed by atoms with Gasteiger partial charge in [-0.3, -0.25) is 0 Å². The third kappa shape index (κ3) is 14.4. The normalized spacial score (nSPS) is 11.7. The molecule has 4 rings (SSSR count). The summed E-state index contributed by atoms with van der Waals surface area (Å²) in [5.74, 6) is 1.03. The van der Waals surface area contributed by atoms with E-state index in [0.717, 1.165) is 25.2 Å². The van der Waals surface area contributed by atoms with E-state index in [1.165, 1.54) is 64.0 Å². The molecule has 1 heterocycles. The van der Waals surface area contributed by atoms with E-state index < -0.39 is 0 Å². The number of nitrogens with zero attached hydrogens (tertiary/aromatic N) is 2. The van der Waals surface area contributed by atoms with Gasteiger partial charge in [-0.05, 0) is 107 Å². The van der Waals surface area contributed by atoms with Crippen LogP contribution in [-0.2, 0) is 19.3 Å². The van der Waals surface area contributed by atoms with Crippen LogP contribution in [0.5, 0.6) is 0 Å². The van der Waals surface area contributed by atoms with Gasteiger partial charge in [0.15, 0.2) is 0 Å². The first-order chi connectivity index (χ1) is 18.7. The van der Waals surface area contributed by atoms with Crippen LogP contribution in [0.3, 0.4) is 0 Å². The molecule has 0 unspecified atom stereocenters. The van der Waals surface area contributed by atoms with Crippen molar-refractivity contribution in [1.29, 1.82) is 0 Å². The molecule has 0 aliphatic heterocycles. The van der Waals surface area contributed by atoms with Crippen molar-refractivity contribution in [3.05, 3.63) is 106 Å². The summed E-state index contributed by atoms with van der Waals surface area (Å²) < 4.78 is 2.01. The fourth-order valence-corrected chi connectivity index (χ4v) is 3.91. The highest BCUT2D eigenvalue weighted by molar-refractivity contribution is 5.45. The number of allylic oxidation sites excluding steroid dienone is 3. The van der Waals surface area contributed by atoms with E-state index in [9.17, 15) is 0 Å². The maximum Gasteiger partial charge on any atom is 0.0526 e. The Morgan fingerprint density at radius 2 is 1.49 bits per heavy atom. The second kappa shape index (κ2) is 20.6. The topological polar surface area (TPSA) is 17.8 Å². The standard InChI is InChI=1S/C16H20N2.C10H14.C7H12.C2H6.C2H2/c1-12-7-5-6-8-16(12)10-9-14(3)18-15(4)13(2)11-17-18;1-3-9-6-5-7-10(4-2)8-9;1-6(2)5-7-3-4-7;2*1-2/h5-9,11H,10H2,1-4H3;5-8H,3-4H2,1-2H3;7H,1,3-5H2,2H3;1-2H3;1-2H/b14-9-;;;;. The third-order valence-electron chi connectivity index (χ3n) is 6.61. The van der Waals surface area contributed by atoms with Gasteiger partial charge in [-0.2, -0.15) is 5.10 Å². The summed E-state index contributed by atoms with van der Waals surface area (Å²) in [5, 5.41) is 4.40. The quantitative estimate of drug-likeness (QED) is 0.221. The predicted molar refractivity (Wildman–Crippen MR) is 175 cm³/mol. The van der Waals surface area contributed by atoms with Gasteiger partial charge in [0.05, 0.1) is 6.20 Å². The minimum Gasteiger partial charge on any atom is -0.243 e. The molecule has 3 aromatic rings. The van der Waals surface area contributed by atoms with Crippen LogP contribution in [0.2, 0.25) is 0 Å². The highest BCUT2D eigenvalue weighted by Gasteiger charge is 2.20. The molecule has 0 saturated heterocycles. The predicted octanol–water partition coefficient (Wildman–Crippen LogP) is 10.4. The monoisotopic (exact) mass is 526 g/mol. The van der Waals surface area contributed by atoms with Gasteiger partial charge in [-0.1, -0.05) is 87.9 Å². The van der Waals surface area contributed by atoms with Crippen molar-refractivity contribution in [1.82, 2.24) is 9.78 Å². The molecule has 0 atom stereocenters. The fraction of sp³-hybridized carbons (Fsp3) is 0.432. The average molecular weight is 527 g/mol. The number of hydrogen-bond donors (Lipinski definition) is 0. The summed E-state index contributed by atoms with van der Waals surface area (Å²) in [6, 6.07) is 17.3. The van der Waals surface area contributed by atoms with Gasteiger partial charge in [0.25, 0.3) is 0 Å². The minimum atomic E-state index is 0.955. The number of terminal acetylenes is 1. The lowest BCUT2D eigenvalue weighted by Gasteiger charge is -2.06. The van der Waals surface area contributed by atoms with Crippen LogP contribution in [0, 0.1) is 39.5 Å². The summed E-state index contributed by atoms with van der Waals surface area (Å²) >= 11 is 0. The molecule has 2 aromatic carbocycles. The zero-order valence-electron chi connectivity index (χ0n) is 26.3. The third-order valence-corrected chi connectivity index (χ3v) is 6.61. The van der Waals surface area contributed by atoms with Crippen molar-refractivity contribution >= 4 is 5.70 Å². The van der Waals surface area contributed by atoms with Gasteiger partial charge >= 0.3 is 0 Å². The zero-order valence-corrected chi connectivity index (χ0v) is 26.3. The molecule has 0 amide bonds. The minimum absolute atomic E-state index is 0.955. The largest absolute Gasteiger partial charge is 0.243 e. The molecule has 212 valence electrons. The molecule has 39 heavy (non-hydrogen) atoms. The van der Waals surface area contributed by atoms with Crippen LogP contribution in [0.25, 0.3) is 5.70 Å². The highest BCUT2D eigenvalue weighted by Crippen LogP contribution is 2.34. The first-order valence-electron chi connectivity index (χ1n) is 14.5. The molecule has 1 fully saturated rings. The lowest BCUT2D eigenvalue weighted by Crippen LogP contribution is -1.99. The Balaban J connectivity index is 0.000000579. The Bertz CT molecular complexity index is 1120. The van der Waals surface area contributed by atoms with E-state index in [0.29, 0.717) is 0 Å². The van der Waals surface area contributed by atoms with Gasteiger partial charge in [0.1, 0.15) is 0 Å². The lowest BCUT2D eigenvalue weighted by molar-refractivity contribution is 0.823. The van der Waals surface area contributed by atoms with Gasteiger partial charge in [0, 0.05) is 11.4 Å². The Morgan fingerprint density at radius 3 is 1.90 bits per heavy atom. The number of benzene rings is 2. The Morgan fingerprint density at radius 1 is 0.923 bits per heavy atom. The molecular formula is C37H54N2. The Kier molecular flexibility index (Phi) is 18.9. The molecule has 1 aliphatic rings. The molecule has 0 spiro atoms. The first-order valence-corrected chi connectivity index (χ1v) is 14.5. The van der Waals surface area contributed by atoms with Crippen molar-refractivity contribution < 1.29 is 0 Å². The summed E-state index contributed by atoms with van der Waals surface area (Å²) in [4.78, 5) is 0. The summed E-state index contributed by atoms with van der Waals surface area (Å²) in [5.41, 5.74) is 10.6. The molecule has 0 bridgehead atoms. The van der Waals surface area contributed by atoms with Crippen molar-refractivity contribution in [3.63, 3.8) is 0 Å². The molecule has 2 nitrogen and oxygen atoms in total. The Hall–Kier alpha value is -3.31. The highest BCUT2D eigenvalue weighted by atomic mass is 15.3. The van der Waals surface area contributed by atoms with E-state index in [1.807, 2.05) is 24.7 Å². The summed E-state index contributed by atoms with van der Waals surface area (Å²) in [7, 11) is 0.